The number of carbonyl (C=O) groups excluding carboxylic acids is 4. The Kier molecular flexibility index (Phi) is 7.69. The van der Waals surface area contributed by atoms with E-state index < -0.39 is 40.4 Å². The number of ether oxygens (including phenoxy) is 1. The van der Waals surface area contributed by atoms with Gasteiger partial charge in [-0.1, -0.05) is 132 Å². The van der Waals surface area contributed by atoms with E-state index in [9.17, 15) is 4.79 Å². The smallest absolute Gasteiger partial charge is 0.339 e. The quantitative estimate of drug-likeness (QED) is 0.127. The number of imide groups is 1. The van der Waals surface area contributed by atoms with Gasteiger partial charge < -0.3 is 4.74 Å². The number of ketones is 1. The number of carbonyl (C=O) groups is 4. The molecular weight excluding hydrogens is 658 g/mol. The lowest BCUT2D eigenvalue weighted by atomic mass is 9.59. The van der Waals surface area contributed by atoms with Gasteiger partial charge in [-0.2, -0.15) is 0 Å². The fourth-order valence-corrected chi connectivity index (χ4v) is 9.03. The molecule has 51 heavy (non-hydrogen) atoms. The topological polar surface area (TPSA) is 80.8 Å². The third-order valence-corrected chi connectivity index (χ3v) is 11.2. The number of allylic oxidation sites excluding steroid dienone is 2. The molecule has 5 aromatic carbocycles. The van der Waals surface area contributed by atoms with Crippen molar-refractivity contribution in [2.75, 3.05) is 11.5 Å². The van der Waals surface area contributed by atoms with E-state index in [1.807, 2.05) is 123 Å². The van der Waals surface area contributed by atoms with Crippen LogP contribution in [0.4, 0.5) is 5.69 Å². The zero-order valence-electron chi connectivity index (χ0n) is 28.4. The molecule has 0 radical (unpaired) electrons. The van der Waals surface area contributed by atoms with E-state index in [1.165, 1.54) is 12.1 Å². The van der Waals surface area contributed by atoms with E-state index in [1.54, 1.807) is 13.0 Å². The average Bonchev–Trinajstić information content (AvgIpc) is 3.65. The van der Waals surface area contributed by atoms with Crippen molar-refractivity contribution in [3.8, 4) is 0 Å². The largest absolute Gasteiger partial charge is 0.462 e. The van der Waals surface area contributed by atoms with Crippen LogP contribution in [0.1, 0.15) is 50.7 Å². The Labute approximate surface area is 301 Å². The molecule has 2 fully saturated rings. The second-order valence-electron chi connectivity index (χ2n) is 13.5. The molecule has 7 heteroatoms. The third kappa shape index (κ3) is 4.42. The summed E-state index contributed by atoms with van der Waals surface area (Å²) in [4.78, 5) is 60.7. The number of esters is 1. The highest BCUT2D eigenvalue weighted by Gasteiger charge is 2.82. The SMILES string of the molecule is CCOC(=O)c1cc(N2C(=O)[C@@H]3[C@@H](C2=O)[C@@]2(c4ccccc4)C(=O)[C@@]3(c3ccccc3)C(c3ccc(C)cc3)=C2c2ccc(C)cc2)ccc1Cl. The minimum atomic E-state index is -1.53. The van der Waals surface area contributed by atoms with Crippen LogP contribution in [0.25, 0.3) is 11.1 Å². The summed E-state index contributed by atoms with van der Waals surface area (Å²) >= 11 is 6.44. The lowest BCUT2D eigenvalue weighted by Gasteiger charge is -2.39. The van der Waals surface area contributed by atoms with Gasteiger partial charge in [-0.25, -0.2) is 9.69 Å². The van der Waals surface area contributed by atoms with Crippen molar-refractivity contribution in [1.82, 2.24) is 0 Å². The van der Waals surface area contributed by atoms with E-state index in [-0.39, 0.29) is 28.7 Å². The zero-order valence-corrected chi connectivity index (χ0v) is 29.1. The summed E-state index contributed by atoms with van der Waals surface area (Å²) in [6.07, 6.45) is 0. The van der Waals surface area contributed by atoms with E-state index in [4.69, 9.17) is 16.3 Å². The second kappa shape index (κ2) is 12.0. The molecule has 0 spiro atoms. The highest BCUT2D eigenvalue weighted by atomic mass is 35.5. The number of fused-ring (bicyclic) bond motifs is 5. The summed E-state index contributed by atoms with van der Waals surface area (Å²) < 4.78 is 5.24. The van der Waals surface area contributed by atoms with Gasteiger partial charge in [0, 0.05) is 0 Å². The van der Waals surface area contributed by atoms with Crippen molar-refractivity contribution >= 4 is 52.0 Å². The predicted octanol–water partition coefficient (Wildman–Crippen LogP) is 8.32. The van der Waals surface area contributed by atoms with E-state index in [0.29, 0.717) is 11.1 Å². The number of aryl methyl sites for hydroxylation is 2. The number of Topliss-reactive ketones (excluding diaryl/α,β-unsaturated/α-hetero) is 1. The van der Waals surface area contributed by atoms with Gasteiger partial charge in [0.05, 0.1) is 45.5 Å². The van der Waals surface area contributed by atoms with Crippen LogP contribution in [-0.2, 0) is 30.0 Å². The molecule has 8 rings (SSSR count). The first kappa shape index (κ1) is 32.6. The number of halogens is 1. The second-order valence-corrected chi connectivity index (χ2v) is 13.9. The minimum absolute atomic E-state index is 0.0436. The van der Waals surface area contributed by atoms with Crippen molar-refractivity contribution in [3.63, 3.8) is 0 Å². The average molecular weight is 692 g/mol. The fraction of sp³-hybridized carbons (Fsp3) is 0.182. The molecule has 3 aliphatic rings. The molecule has 2 bridgehead atoms. The molecule has 2 aliphatic carbocycles. The van der Waals surface area contributed by atoms with Gasteiger partial charge in [0.15, 0.2) is 5.78 Å². The van der Waals surface area contributed by atoms with Crippen LogP contribution in [0, 0.1) is 25.7 Å². The molecule has 6 nitrogen and oxygen atoms in total. The number of hydrogen-bond acceptors (Lipinski definition) is 5. The van der Waals surface area contributed by atoms with Crippen LogP contribution in [0.15, 0.2) is 127 Å². The van der Waals surface area contributed by atoms with Crippen molar-refractivity contribution in [3.05, 3.63) is 171 Å². The number of amides is 2. The van der Waals surface area contributed by atoms with Crippen LogP contribution in [-0.4, -0.2) is 30.2 Å². The first-order chi connectivity index (χ1) is 24.7. The summed E-state index contributed by atoms with van der Waals surface area (Å²) in [6.45, 7) is 5.83. The van der Waals surface area contributed by atoms with Gasteiger partial charge >= 0.3 is 5.97 Å². The number of rotatable bonds is 7. The van der Waals surface area contributed by atoms with Gasteiger partial charge in [0.2, 0.25) is 11.8 Å². The molecule has 0 unspecified atom stereocenters. The fourth-order valence-electron chi connectivity index (χ4n) is 8.84. The molecule has 1 saturated heterocycles. The zero-order chi connectivity index (χ0) is 35.7. The highest BCUT2D eigenvalue weighted by Crippen LogP contribution is 2.74. The van der Waals surface area contributed by atoms with Gasteiger partial charge in [0.25, 0.3) is 0 Å². The van der Waals surface area contributed by atoms with Crippen LogP contribution < -0.4 is 4.90 Å². The van der Waals surface area contributed by atoms with Crippen molar-refractivity contribution in [1.29, 1.82) is 0 Å². The number of benzene rings is 5. The first-order valence-electron chi connectivity index (χ1n) is 17.1. The minimum Gasteiger partial charge on any atom is -0.462 e. The predicted molar refractivity (Wildman–Crippen MR) is 197 cm³/mol. The monoisotopic (exact) mass is 691 g/mol. The Morgan fingerprint density at radius 3 is 1.55 bits per heavy atom. The Balaban J connectivity index is 1.50. The van der Waals surface area contributed by atoms with E-state index in [0.717, 1.165) is 38.3 Å². The number of hydrogen-bond donors (Lipinski definition) is 0. The van der Waals surface area contributed by atoms with Gasteiger partial charge in [0.1, 0.15) is 0 Å². The molecule has 1 heterocycles. The van der Waals surface area contributed by atoms with Crippen molar-refractivity contribution < 1.29 is 23.9 Å². The van der Waals surface area contributed by atoms with Gasteiger partial charge in [-0.15, -0.1) is 0 Å². The van der Waals surface area contributed by atoms with Crippen LogP contribution in [0.2, 0.25) is 5.02 Å². The lowest BCUT2D eigenvalue weighted by Crippen LogP contribution is -2.45. The van der Waals surface area contributed by atoms with E-state index >= 15 is 14.4 Å². The summed E-state index contributed by atoms with van der Waals surface area (Å²) in [7, 11) is 0. The molecule has 4 atom stereocenters. The van der Waals surface area contributed by atoms with Gasteiger partial charge in [-0.05, 0) is 72.4 Å². The maximum absolute atomic E-state index is 16.1. The van der Waals surface area contributed by atoms with Crippen LogP contribution >= 0.6 is 11.6 Å². The molecule has 5 aromatic rings. The molecular formula is C44H34ClNO5. The molecule has 0 N–H and O–H groups in total. The maximum atomic E-state index is 16.1. The lowest BCUT2D eigenvalue weighted by molar-refractivity contribution is -0.130. The first-order valence-corrected chi connectivity index (χ1v) is 17.4. The number of nitrogens with zero attached hydrogens (tertiary/aromatic N) is 1. The normalized spacial score (nSPS) is 23.6. The van der Waals surface area contributed by atoms with Crippen molar-refractivity contribution in [2.24, 2.45) is 11.8 Å². The summed E-state index contributed by atoms with van der Waals surface area (Å²) in [5, 5.41) is 0.137. The van der Waals surface area contributed by atoms with Gasteiger partial charge in [-0.3, -0.25) is 14.4 Å². The Morgan fingerprint density at radius 1 is 0.667 bits per heavy atom. The molecule has 252 valence electrons. The summed E-state index contributed by atoms with van der Waals surface area (Å²) in [5.74, 6) is -4.06. The Bertz CT molecular complexity index is 2150. The standard InChI is InChI=1S/C44H34ClNO5/c1-4-51-41(49)33-25-32(23-24-34(33)45)46-39(47)37-38(40(46)48)44(31-13-9-6-10-14-31)36(29-21-17-27(3)18-22-29)35(28-19-15-26(2)16-20-28)43(37,42(44)50)30-11-7-5-8-12-30/h5-25,37-38H,4H2,1-3H3/t37-,38-,43-,44-/m0/s1. The molecule has 2 amide bonds. The molecule has 1 aliphatic heterocycles. The number of anilines is 1. The third-order valence-electron chi connectivity index (χ3n) is 10.8. The Morgan fingerprint density at radius 2 is 1.12 bits per heavy atom. The summed E-state index contributed by atoms with van der Waals surface area (Å²) in [5.41, 5.74) is 3.61. The Hall–Kier alpha value is -5.59. The van der Waals surface area contributed by atoms with Crippen LogP contribution in [0.5, 0.6) is 0 Å². The van der Waals surface area contributed by atoms with Crippen molar-refractivity contribution in [2.45, 2.75) is 31.6 Å². The highest BCUT2D eigenvalue weighted by molar-refractivity contribution is 6.39. The molecule has 0 aromatic heterocycles. The van der Waals surface area contributed by atoms with E-state index in [2.05, 4.69) is 0 Å². The summed E-state index contributed by atoms with van der Waals surface area (Å²) in [6, 6.07) is 39.4. The molecule has 1 saturated carbocycles. The van der Waals surface area contributed by atoms with Crippen LogP contribution in [0.3, 0.4) is 0 Å². The maximum Gasteiger partial charge on any atom is 0.339 e.